The average molecular weight is 234 g/mol. The molecule has 1 aromatic rings. The summed E-state index contributed by atoms with van der Waals surface area (Å²) in [6.45, 7) is 6.74. The maximum atomic E-state index is 4.16. The van der Waals surface area contributed by atoms with Gasteiger partial charge in [0.25, 0.3) is 0 Å². The van der Waals surface area contributed by atoms with E-state index in [9.17, 15) is 0 Å². The molecule has 0 radical (unpaired) electrons. The van der Waals surface area contributed by atoms with Crippen molar-refractivity contribution in [3.05, 3.63) is 18.3 Å². The van der Waals surface area contributed by atoms with Crippen LogP contribution in [-0.2, 0) is 0 Å². The van der Waals surface area contributed by atoms with E-state index >= 15 is 0 Å². The van der Waals surface area contributed by atoms with Gasteiger partial charge in [0.1, 0.15) is 0 Å². The molecule has 94 valence electrons. The molecule has 0 aromatic carbocycles. The van der Waals surface area contributed by atoms with Crippen molar-refractivity contribution in [3.8, 4) is 0 Å². The highest BCUT2D eigenvalue weighted by atomic mass is 15.3. The standard InChI is InChI=1S/C13H22N4/c1-2-7-14-11-12-5-9-17(10-6-12)13-4-3-8-15-16-13/h3-4,8,12,14H,2,5-7,9-11H2,1H3. The summed E-state index contributed by atoms with van der Waals surface area (Å²) in [7, 11) is 0. The molecule has 4 heteroatoms. The largest absolute Gasteiger partial charge is 0.355 e. The molecule has 0 saturated carbocycles. The van der Waals surface area contributed by atoms with Gasteiger partial charge in [-0.1, -0.05) is 6.92 Å². The fourth-order valence-corrected chi connectivity index (χ4v) is 2.31. The lowest BCUT2D eigenvalue weighted by molar-refractivity contribution is 0.382. The first-order chi connectivity index (χ1) is 8.40. The molecule has 4 nitrogen and oxygen atoms in total. The van der Waals surface area contributed by atoms with Crippen molar-refractivity contribution >= 4 is 5.82 Å². The van der Waals surface area contributed by atoms with Gasteiger partial charge in [-0.15, -0.1) is 5.10 Å². The Morgan fingerprint density at radius 3 is 2.88 bits per heavy atom. The minimum atomic E-state index is 0.828. The average Bonchev–Trinajstić information content (AvgIpc) is 2.41. The Hall–Kier alpha value is -1.16. The van der Waals surface area contributed by atoms with E-state index in [2.05, 4.69) is 27.3 Å². The predicted molar refractivity (Wildman–Crippen MR) is 70.1 cm³/mol. The zero-order valence-electron chi connectivity index (χ0n) is 10.6. The van der Waals surface area contributed by atoms with E-state index in [0.29, 0.717) is 0 Å². The van der Waals surface area contributed by atoms with E-state index in [1.165, 1.54) is 25.8 Å². The van der Waals surface area contributed by atoms with Gasteiger partial charge < -0.3 is 10.2 Å². The van der Waals surface area contributed by atoms with Crippen LogP contribution in [0.5, 0.6) is 0 Å². The van der Waals surface area contributed by atoms with Gasteiger partial charge in [0.2, 0.25) is 0 Å². The maximum absolute atomic E-state index is 4.16. The molecular weight excluding hydrogens is 212 g/mol. The SMILES string of the molecule is CCCNCC1CCN(c2cccnn2)CC1. The molecule has 0 spiro atoms. The van der Waals surface area contributed by atoms with Crippen LogP contribution in [0.2, 0.25) is 0 Å². The molecule has 1 aromatic heterocycles. The number of nitrogens with zero attached hydrogens (tertiary/aromatic N) is 3. The molecule has 0 atom stereocenters. The molecule has 1 fully saturated rings. The maximum Gasteiger partial charge on any atom is 0.151 e. The second kappa shape index (κ2) is 6.55. The molecule has 1 N–H and O–H groups in total. The summed E-state index contributed by atoms with van der Waals surface area (Å²) in [5.41, 5.74) is 0. The van der Waals surface area contributed by atoms with Crippen molar-refractivity contribution in [2.24, 2.45) is 5.92 Å². The van der Waals surface area contributed by atoms with E-state index in [4.69, 9.17) is 0 Å². The van der Waals surface area contributed by atoms with E-state index in [-0.39, 0.29) is 0 Å². The highest BCUT2D eigenvalue weighted by Crippen LogP contribution is 2.20. The van der Waals surface area contributed by atoms with E-state index in [1.54, 1.807) is 6.20 Å². The molecule has 1 saturated heterocycles. The summed E-state index contributed by atoms with van der Waals surface area (Å²) in [6.07, 6.45) is 5.46. The van der Waals surface area contributed by atoms with Crippen molar-refractivity contribution in [3.63, 3.8) is 0 Å². The summed E-state index contributed by atoms with van der Waals surface area (Å²) in [5.74, 6) is 1.85. The normalized spacial score (nSPS) is 17.4. The Labute approximate surface area is 103 Å². The van der Waals surface area contributed by atoms with Gasteiger partial charge in [0, 0.05) is 19.3 Å². The van der Waals surface area contributed by atoms with Crippen LogP contribution in [0, 0.1) is 5.92 Å². The lowest BCUT2D eigenvalue weighted by Gasteiger charge is -2.32. The highest BCUT2D eigenvalue weighted by molar-refractivity contribution is 5.36. The highest BCUT2D eigenvalue weighted by Gasteiger charge is 2.19. The lowest BCUT2D eigenvalue weighted by Crippen LogP contribution is -2.37. The monoisotopic (exact) mass is 234 g/mol. The van der Waals surface area contributed by atoms with Crippen molar-refractivity contribution in [2.75, 3.05) is 31.1 Å². The van der Waals surface area contributed by atoms with Gasteiger partial charge in [-0.05, 0) is 50.4 Å². The first-order valence-corrected chi connectivity index (χ1v) is 6.63. The molecule has 0 amide bonds. The van der Waals surface area contributed by atoms with Crippen LogP contribution >= 0.6 is 0 Å². The number of anilines is 1. The first-order valence-electron chi connectivity index (χ1n) is 6.63. The van der Waals surface area contributed by atoms with Gasteiger partial charge in [-0.25, -0.2) is 0 Å². The molecular formula is C13H22N4. The molecule has 1 aliphatic heterocycles. The van der Waals surface area contributed by atoms with Gasteiger partial charge in [0.05, 0.1) is 0 Å². The molecule has 2 heterocycles. The van der Waals surface area contributed by atoms with E-state index in [1.807, 2.05) is 12.1 Å². The molecule has 0 bridgehead atoms. The Balaban J connectivity index is 1.74. The second-order valence-corrected chi connectivity index (χ2v) is 4.72. The van der Waals surface area contributed by atoms with E-state index < -0.39 is 0 Å². The van der Waals surface area contributed by atoms with Crippen LogP contribution in [0.3, 0.4) is 0 Å². The van der Waals surface area contributed by atoms with Crippen molar-refractivity contribution in [1.82, 2.24) is 15.5 Å². The van der Waals surface area contributed by atoms with Crippen LogP contribution < -0.4 is 10.2 Å². The smallest absolute Gasteiger partial charge is 0.151 e. The van der Waals surface area contributed by atoms with Crippen molar-refractivity contribution in [2.45, 2.75) is 26.2 Å². The molecule has 0 aliphatic carbocycles. The quantitative estimate of drug-likeness (QED) is 0.787. The first kappa shape index (κ1) is 12.3. The van der Waals surface area contributed by atoms with Crippen molar-refractivity contribution in [1.29, 1.82) is 0 Å². The van der Waals surface area contributed by atoms with Crippen LogP contribution in [0.25, 0.3) is 0 Å². The molecule has 17 heavy (non-hydrogen) atoms. The number of rotatable bonds is 5. The Bertz CT molecular complexity index is 306. The zero-order valence-corrected chi connectivity index (χ0v) is 10.6. The van der Waals surface area contributed by atoms with Gasteiger partial charge >= 0.3 is 0 Å². The third-order valence-corrected chi connectivity index (χ3v) is 3.36. The van der Waals surface area contributed by atoms with Crippen LogP contribution in [-0.4, -0.2) is 36.4 Å². The predicted octanol–water partition coefficient (Wildman–Crippen LogP) is 1.69. The molecule has 1 aliphatic rings. The Morgan fingerprint density at radius 2 is 2.24 bits per heavy atom. The third kappa shape index (κ3) is 3.66. The molecule has 0 unspecified atom stereocenters. The van der Waals surface area contributed by atoms with Crippen LogP contribution in [0.4, 0.5) is 5.82 Å². The fourth-order valence-electron chi connectivity index (χ4n) is 2.31. The van der Waals surface area contributed by atoms with Crippen molar-refractivity contribution < 1.29 is 0 Å². The summed E-state index contributed by atoms with van der Waals surface area (Å²) in [6, 6.07) is 4.00. The summed E-state index contributed by atoms with van der Waals surface area (Å²) < 4.78 is 0. The Morgan fingerprint density at radius 1 is 1.41 bits per heavy atom. The number of nitrogens with one attached hydrogen (secondary N) is 1. The second-order valence-electron chi connectivity index (χ2n) is 4.72. The van der Waals surface area contributed by atoms with Gasteiger partial charge in [0.15, 0.2) is 5.82 Å². The Kier molecular flexibility index (Phi) is 4.74. The lowest BCUT2D eigenvalue weighted by atomic mass is 9.97. The molecule has 2 rings (SSSR count). The summed E-state index contributed by atoms with van der Waals surface area (Å²) in [5, 5.41) is 11.6. The number of aromatic nitrogens is 2. The minimum absolute atomic E-state index is 0.828. The summed E-state index contributed by atoms with van der Waals surface area (Å²) >= 11 is 0. The minimum Gasteiger partial charge on any atom is -0.355 e. The number of hydrogen-bond acceptors (Lipinski definition) is 4. The third-order valence-electron chi connectivity index (χ3n) is 3.36. The van der Waals surface area contributed by atoms with Crippen LogP contribution in [0.15, 0.2) is 18.3 Å². The zero-order chi connectivity index (χ0) is 11.9. The van der Waals surface area contributed by atoms with Crippen LogP contribution in [0.1, 0.15) is 26.2 Å². The topological polar surface area (TPSA) is 41.0 Å². The summed E-state index contributed by atoms with van der Waals surface area (Å²) in [4.78, 5) is 2.34. The van der Waals surface area contributed by atoms with Gasteiger partial charge in [-0.2, -0.15) is 5.10 Å². The van der Waals surface area contributed by atoms with E-state index in [0.717, 1.165) is 31.4 Å². The number of piperidine rings is 1. The number of hydrogen-bond donors (Lipinski definition) is 1. The van der Waals surface area contributed by atoms with Gasteiger partial charge in [-0.3, -0.25) is 0 Å². The fraction of sp³-hybridized carbons (Fsp3) is 0.692.